The van der Waals surface area contributed by atoms with Crippen molar-refractivity contribution in [3.8, 4) is 0 Å². The smallest absolute Gasteiger partial charge is 0.334 e. The Hall–Kier alpha value is -0.530. The molecule has 2 nitrogen and oxygen atoms in total. The fourth-order valence-electron chi connectivity index (χ4n) is 0.643. The predicted molar refractivity (Wildman–Crippen MR) is 27.1 cm³/mol. The number of ether oxygens (including phenoxy) is 1. The summed E-state index contributed by atoms with van der Waals surface area (Å²) in [6.07, 6.45) is 1.00. The van der Waals surface area contributed by atoms with Gasteiger partial charge in [-0.25, -0.2) is 4.99 Å². The average molecular weight is 100 g/mol. The number of nitrogens with one attached hydrogen (secondary N) is 1. The van der Waals surface area contributed by atoms with Crippen molar-refractivity contribution in [1.29, 1.82) is 0 Å². The Kier molecular flexibility index (Phi) is 1.29. The molecule has 0 aromatic heterocycles. The summed E-state index contributed by atoms with van der Waals surface area (Å²) in [5.41, 5.74) is 0. The van der Waals surface area contributed by atoms with Gasteiger partial charge < -0.3 is 4.74 Å². The zero-order valence-electron chi connectivity index (χ0n) is 4.53. The summed E-state index contributed by atoms with van der Waals surface area (Å²) in [5.74, 6) is 1.04. The fraction of sp³-hybridized carbons (Fsp3) is 0.800. The summed E-state index contributed by atoms with van der Waals surface area (Å²) in [4.78, 5) is 3.10. The molecule has 0 bridgehead atoms. The van der Waals surface area contributed by atoms with Gasteiger partial charge in [0.15, 0.2) is 13.2 Å². The molecule has 0 aromatic carbocycles. The highest BCUT2D eigenvalue weighted by Gasteiger charge is 2.09. The second-order valence-corrected chi connectivity index (χ2v) is 1.55. The van der Waals surface area contributed by atoms with Gasteiger partial charge in [-0.3, -0.25) is 0 Å². The standard InChI is InChI=1S/C5H9NO/c1-2-5-6-3-4-7-5/h2-4H2,1H3/p+1. The lowest BCUT2D eigenvalue weighted by Gasteiger charge is -1.84. The molecule has 1 aliphatic heterocycles. The van der Waals surface area contributed by atoms with Crippen LogP contribution >= 0.6 is 0 Å². The number of rotatable bonds is 1. The minimum absolute atomic E-state index is 0.850. The highest BCUT2D eigenvalue weighted by atomic mass is 16.5. The van der Waals surface area contributed by atoms with E-state index in [-0.39, 0.29) is 0 Å². The molecule has 1 aliphatic rings. The lowest BCUT2D eigenvalue weighted by atomic mass is 10.5. The Balaban J connectivity index is 2.36. The molecule has 1 heterocycles. The van der Waals surface area contributed by atoms with Crippen LogP contribution in [-0.4, -0.2) is 19.0 Å². The fourth-order valence-corrected chi connectivity index (χ4v) is 0.643. The van der Waals surface area contributed by atoms with E-state index < -0.39 is 0 Å². The Morgan fingerprint density at radius 3 is 3.00 bits per heavy atom. The minimum Gasteiger partial charge on any atom is -0.441 e. The Morgan fingerprint density at radius 1 is 1.86 bits per heavy atom. The van der Waals surface area contributed by atoms with E-state index in [2.05, 4.69) is 11.9 Å². The van der Waals surface area contributed by atoms with Gasteiger partial charge >= 0.3 is 5.90 Å². The Labute approximate surface area is 43.2 Å². The van der Waals surface area contributed by atoms with Crippen LogP contribution in [0.15, 0.2) is 0 Å². The summed E-state index contributed by atoms with van der Waals surface area (Å²) in [7, 11) is 0. The molecule has 1 rings (SSSR count). The molecule has 2 heteroatoms. The van der Waals surface area contributed by atoms with Gasteiger partial charge in [0.1, 0.15) is 0 Å². The van der Waals surface area contributed by atoms with Crippen LogP contribution in [0.5, 0.6) is 0 Å². The second kappa shape index (κ2) is 1.96. The van der Waals surface area contributed by atoms with Gasteiger partial charge in [-0.1, -0.05) is 6.92 Å². The van der Waals surface area contributed by atoms with Crippen molar-refractivity contribution in [2.45, 2.75) is 13.3 Å². The lowest BCUT2D eigenvalue weighted by molar-refractivity contribution is -0.446. The van der Waals surface area contributed by atoms with Gasteiger partial charge in [-0.2, -0.15) is 0 Å². The maximum atomic E-state index is 5.11. The van der Waals surface area contributed by atoms with Crippen molar-refractivity contribution in [1.82, 2.24) is 0 Å². The third kappa shape index (κ3) is 0.918. The molecular formula is C5H10NO+. The minimum atomic E-state index is 0.850. The monoisotopic (exact) mass is 100 g/mol. The van der Waals surface area contributed by atoms with E-state index in [4.69, 9.17) is 4.74 Å². The van der Waals surface area contributed by atoms with Crippen molar-refractivity contribution in [2.24, 2.45) is 0 Å². The number of hydrogen-bond acceptors (Lipinski definition) is 1. The highest BCUT2D eigenvalue weighted by molar-refractivity contribution is 5.69. The predicted octanol–water partition coefficient (Wildman–Crippen LogP) is -1.09. The lowest BCUT2D eigenvalue weighted by Crippen LogP contribution is -2.69. The molecule has 0 radical (unpaired) electrons. The van der Waals surface area contributed by atoms with Crippen LogP contribution in [0.1, 0.15) is 13.3 Å². The molecule has 0 fully saturated rings. The molecule has 0 aromatic rings. The number of hydrogen-bond donors (Lipinski definition) is 1. The van der Waals surface area contributed by atoms with E-state index in [0.29, 0.717) is 0 Å². The molecule has 0 saturated carbocycles. The quantitative estimate of drug-likeness (QED) is 0.444. The van der Waals surface area contributed by atoms with Gasteiger partial charge in [0.25, 0.3) is 0 Å². The summed E-state index contributed by atoms with van der Waals surface area (Å²) < 4.78 is 5.11. The van der Waals surface area contributed by atoms with E-state index in [9.17, 15) is 0 Å². The van der Waals surface area contributed by atoms with E-state index in [1.165, 1.54) is 0 Å². The summed E-state index contributed by atoms with van der Waals surface area (Å²) in [5, 5.41) is 0. The summed E-state index contributed by atoms with van der Waals surface area (Å²) >= 11 is 0. The topological polar surface area (TPSA) is 23.2 Å². The SMILES string of the molecule is CCC1=[NH+]CCO1. The van der Waals surface area contributed by atoms with E-state index in [0.717, 1.165) is 25.5 Å². The first-order valence-electron chi connectivity index (χ1n) is 2.66. The largest absolute Gasteiger partial charge is 0.441 e. The summed E-state index contributed by atoms with van der Waals surface area (Å²) in [6, 6.07) is 0. The third-order valence-corrected chi connectivity index (χ3v) is 1.02. The van der Waals surface area contributed by atoms with Gasteiger partial charge in [-0.05, 0) is 0 Å². The molecule has 1 N–H and O–H groups in total. The van der Waals surface area contributed by atoms with Crippen LogP contribution < -0.4 is 4.99 Å². The van der Waals surface area contributed by atoms with Crippen molar-refractivity contribution >= 4 is 5.90 Å². The molecule has 0 amide bonds. The zero-order valence-corrected chi connectivity index (χ0v) is 4.53. The zero-order chi connectivity index (χ0) is 5.11. The highest BCUT2D eigenvalue weighted by Crippen LogP contribution is 1.81. The maximum absolute atomic E-state index is 5.11. The molecule has 0 aliphatic carbocycles. The van der Waals surface area contributed by atoms with Crippen LogP contribution in [0.25, 0.3) is 0 Å². The van der Waals surface area contributed by atoms with Crippen LogP contribution in [-0.2, 0) is 4.74 Å². The maximum Gasteiger partial charge on any atom is 0.334 e. The average Bonchev–Trinajstić information content (AvgIpc) is 2.14. The first-order chi connectivity index (χ1) is 3.43. The van der Waals surface area contributed by atoms with Crippen molar-refractivity contribution in [3.05, 3.63) is 0 Å². The molecule has 7 heavy (non-hydrogen) atoms. The van der Waals surface area contributed by atoms with Crippen molar-refractivity contribution in [3.63, 3.8) is 0 Å². The van der Waals surface area contributed by atoms with Gasteiger partial charge in [0.2, 0.25) is 0 Å². The molecule has 0 unspecified atom stereocenters. The third-order valence-electron chi connectivity index (χ3n) is 1.02. The van der Waals surface area contributed by atoms with Crippen LogP contribution in [0.3, 0.4) is 0 Å². The summed E-state index contributed by atoms with van der Waals surface area (Å²) in [6.45, 7) is 3.92. The van der Waals surface area contributed by atoms with Crippen LogP contribution in [0, 0.1) is 0 Å². The Bertz CT molecular complexity index is 88.1. The van der Waals surface area contributed by atoms with E-state index >= 15 is 0 Å². The van der Waals surface area contributed by atoms with Crippen LogP contribution in [0.2, 0.25) is 0 Å². The second-order valence-electron chi connectivity index (χ2n) is 1.55. The molecule has 0 atom stereocenters. The van der Waals surface area contributed by atoms with E-state index in [1.807, 2.05) is 0 Å². The van der Waals surface area contributed by atoms with Gasteiger partial charge in [0.05, 0.1) is 6.42 Å². The van der Waals surface area contributed by atoms with E-state index in [1.54, 1.807) is 0 Å². The first-order valence-corrected chi connectivity index (χ1v) is 2.66. The molecular weight excluding hydrogens is 90.1 g/mol. The molecule has 40 valence electrons. The molecule has 0 saturated heterocycles. The molecule has 0 spiro atoms. The van der Waals surface area contributed by atoms with Gasteiger partial charge in [0, 0.05) is 0 Å². The first kappa shape index (κ1) is 4.62. The Morgan fingerprint density at radius 2 is 2.71 bits per heavy atom. The van der Waals surface area contributed by atoms with Crippen LogP contribution in [0.4, 0.5) is 0 Å². The van der Waals surface area contributed by atoms with Crippen molar-refractivity contribution < 1.29 is 9.73 Å². The van der Waals surface area contributed by atoms with Crippen molar-refractivity contribution in [2.75, 3.05) is 13.2 Å². The van der Waals surface area contributed by atoms with Gasteiger partial charge in [-0.15, -0.1) is 0 Å². The normalized spacial score (nSPS) is 18.7.